The number of fused-ring (bicyclic) bond motifs is 1. The molecule has 0 spiro atoms. The number of morpholine rings is 1. The van der Waals surface area contributed by atoms with Crippen molar-refractivity contribution in [1.29, 1.82) is 0 Å². The predicted octanol–water partition coefficient (Wildman–Crippen LogP) is 2.83. The third kappa shape index (κ3) is 5.53. The summed E-state index contributed by atoms with van der Waals surface area (Å²) in [7, 11) is -3.56. The fourth-order valence-corrected chi connectivity index (χ4v) is 6.33. The first-order valence-electron chi connectivity index (χ1n) is 12.6. The number of carbonyl (C=O) groups excluding carboxylic acids is 1. The highest BCUT2D eigenvalue weighted by atomic mass is 32.2. The van der Waals surface area contributed by atoms with Crippen LogP contribution in [0.1, 0.15) is 18.4 Å². The highest BCUT2D eigenvalue weighted by Gasteiger charge is 2.28. The summed E-state index contributed by atoms with van der Waals surface area (Å²) in [4.78, 5) is 20.0. The van der Waals surface area contributed by atoms with E-state index in [-0.39, 0.29) is 16.7 Å². The van der Waals surface area contributed by atoms with Gasteiger partial charge in [0.15, 0.2) is 0 Å². The zero-order valence-corrected chi connectivity index (χ0v) is 21.1. The van der Waals surface area contributed by atoms with Gasteiger partial charge in [0, 0.05) is 38.1 Å². The number of benzene rings is 2. The van der Waals surface area contributed by atoms with Crippen LogP contribution in [0.5, 0.6) is 0 Å². The maximum Gasteiger partial charge on any atom is 0.243 e. The van der Waals surface area contributed by atoms with Gasteiger partial charge in [0.1, 0.15) is 5.82 Å². The second kappa shape index (κ2) is 10.9. The average molecular weight is 509 g/mol. The van der Waals surface area contributed by atoms with Gasteiger partial charge in [-0.3, -0.25) is 4.79 Å². The first kappa shape index (κ1) is 24.7. The van der Waals surface area contributed by atoms with Crippen molar-refractivity contribution < 1.29 is 17.9 Å². The highest BCUT2D eigenvalue weighted by Crippen LogP contribution is 2.26. The second-order valence-electron chi connectivity index (χ2n) is 9.35. The number of pyridine rings is 1. The van der Waals surface area contributed by atoms with Crippen molar-refractivity contribution in [3.8, 4) is 0 Å². The molecule has 1 aromatic heterocycles. The molecule has 36 heavy (non-hydrogen) atoms. The number of amides is 1. The number of sulfonamides is 1. The van der Waals surface area contributed by atoms with Crippen LogP contribution in [0.2, 0.25) is 0 Å². The minimum absolute atomic E-state index is 0.0759. The number of ether oxygens (including phenoxy) is 1. The number of anilines is 1. The lowest BCUT2D eigenvalue weighted by Crippen LogP contribution is -2.43. The van der Waals surface area contributed by atoms with Crippen molar-refractivity contribution in [3.63, 3.8) is 0 Å². The van der Waals surface area contributed by atoms with Crippen LogP contribution in [0.3, 0.4) is 0 Å². The third-order valence-corrected chi connectivity index (χ3v) is 8.82. The van der Waals surface area contributed by atoms with E-state index in [1.54, 1.807) is 18.2 Å². The van der Waals surface area contributed by atoms with Gasteiger partial charge in [-0.25, -0.2) is 13.4 Å². The van der Waals surface area contributed by atoms with Crippen molar-refractivity contribution in [2.45, 2.75) is 24.2 Å². The largest absolute Gasteiger partial charge is 0.379 e. The normalized spacial score (nSPS) is 19.3. The van der Waals surface area contributed by atoms with E-state index in [0.717, 1.165) is 42.5 Å². The van der Waals surface area contributed by atoms with Crippen molar-refractivity contribution in [1.82, 2.24) is 14.6 Å². The van der Waals surface area contributed by atoms with E-state index in [9.17, 15) is 13.2 Å². The van der Waals surface area contributed by atoms with Gasteiger partial charge in [-0.05, 0) is 55.2 Å². The Hall–Kier alpha value is -3.01. The molecule has 190 valence electrons. The van der Waals surface area contributed by atoms with Gasteiger partial charge in [0.25, 0.3) is 0 Å². The molecule has 0 radical (unpaired) electrons. The maximum absolute atomic E-state index is 13.0. The molecule has 2 aromatic carbocycles. The Morgan fingerprint density at radius 1 is 1.03 bits per heavy atom. The Morgan fingerprint density at radius 2 is 1.83 bits per heavy atom. The Bertz CT molecular complexity index is 1310. The molecule has 0 saturated carbocycles. The summed E-state index contributed by atoms with van der Waals surface area (Å²) < 4.78 is 32.8. The average Bonchev–Trinajstić information content (AvgIpc) is 2.93. The summed E-state index contributed by atoms with van der Waals surface area (Å²) in [5.41, 5.74) is 1.95. The first-order chi connectivity index (χ1) is 17.5. The summed E-state index contributed by atoms with van der Waals surface area (Å²) in [5, 5.41) is 3.87. The molecular weight excluding hydrogens is 476 g/mol. The number of piperidine rings is 1. The number of aromatic nitrogens is 1. The van der Waals surface area contributed by atoms with Crippen LogP contribution in [-0.2, 0) is 26.0 Å². The van der Waals surface area contributed by atoms with E-state index < -0.39 is 10.0 Å². The van der Waals surface area contributed by atoms with E-state index in [4.69, 9.17) is 9.72 Å². The third-order valence-electron chi connectivity index (χ3n) is 6.93. The van der Waals surface area contributed by atoms with Gasteiger partial charge in [-0.1, -0.05) is 30.3 Å². The van der Waals surface area contributed by atoms with Crippen LogP contribution in [0, 0.1) is 5.92 Å². The number of nitrogens with zero attached hydrogens (tertiary/aromatic N) is 3. The number of rotatable bonds is 7. The van der Waals surface area contributed by atoms with E-state index in [0.29, 0.717) is 39.4 Å². The Kier molecular flexibility index (Phi) is 7.50. The van der Waals surface area contributed by atoms with Crippen LogP contribution in [0.25, 0.3) is 10.9 Å². The standard InChI is InChI=1S/C27H32N4O4S/c32-27(28-13-12-21-5-2-1-3-6-21)23-7-4-14-30(20-23)26-11-8-22-19-24(9-10-25(22)29-26)36(33,34)31-15-17-35-18-16-31/h1-3,5-6,8-11,19,23H,4,7,12-18,20H2,(H,28,32)/t23-/m1/s1. The molecule has 2 fully saturated rings. The smallest absolute Gasteiger partial charge is 0.243 e. The molecule has 0 aliphatic carbocycles. The van der Waals surface area contributed by atoms with E-state index in [1.807, 2.05) is 30.3 Å². The van der Waals surface area contributed by atoms with Gasteiger partial charge in [0.05, 0.1) is 29.5 Å². The van der Waals surface area contributed by atoms with E-state index in [2.05, 4.69) is 22.3 Å². The molecule has 3 aromatic rings. The molecule has 2 saturated heterocycles. The van der Waals surface area contributed by atoms with Crippen molar-refractivity contribution >= 4 is 32.7 Å². The summed E-state index contributed by atoms with van der Waals surface area (Å²) in [6.07, 6.45) is 2.61. The fraction of sp³-hybridized carbons (Fsp3) is 0.407. The van der Waals surface area contributed by atoms with Gasteiger partial charge < -0.3 is 15.0 Å². The highest BCUT2D eigenvalue weighted by molar-refractivity contribution is 7.89. The Labute approximate surface area is 212 Å². The van der Waals surface area contributed by atoms with Crippen LogP contribution in [0.4, 0.5) is 5.82 Å². The summed E-state index contributed by atoms with van der Waals surface area (Å²) >= 11 is 0. The summed E-state index contributed by atoms with van der Waals surface area (Å²) in [5.74, 6) is 0.829. The fourth-order valence-electron chi connectivity index (χ4n) is 4.88. The van der Waals surface area contributed by atoms with Gasteiger partial charge in [-0.15, -0.1) is 0 Å². The van der Waals surface area contributed by atoms with E-state index >= 15 is 0 Å². The Balaban J connectivity index is 1.24. The summed E-state index contributed by atoms with van der Waals surface area (Å²) in [6.45, 7) is 3.67. The lowest BCUT2D eigenvalue weighted by atomic mass is 9.97. The second-order valence-corrected chi connectivity index (χ2v) is 11.3. The molecule has 1 atom stereocenters. The number of hydrogen-bond donors (Lipinski definition) is 1. The zero-order chi connectivity index (χ0) is 25.0. The van der Waals surface area contributed by atoms with Crippen molar-refractivity contribution in [3.05, 3.63) is 66.2 Å². The SMILES string of the molecule is O=C(NCCc1ccccc1)[C@@H]1CCCN(c2ccc3cc(S(=O)(=O)N4CCOCC4)ccc3n2)C1. The predicted molar refractivity (Wildman–Crippen MR) is 139 cm³/mol. The van der Waals surface area contributed by atoms with Crippen molar-refractivity contribution in [2.75, 3.05) is 50.8 Å². The number of hydrogen-bond acceptors (Lipinski definition) is 6. The molecular formula is C27H32N4O4S. The van der Waals surface area contributed by atoms with Crippen molar-refractivity contribution in [2.24, 2.45) is 5.92 Å². The molecule has 2 aliphatic rings. The molecule has 1 amide bonds. The maximum atomic E-state index is 13.0. The summed E-state index contributed by atoms with van der Waals surface area (Å²) in [6, 6.07) is 19.1. The van der Waals surface area contributed by atoms with Crippen LogP contribution in [0.15, 0.2) is 65.6 Å². The molecule has 9 heteroatoms. The van der Waals surface area contributed by atoms with Crippen LogP contribution >= 0.6 is 0 Å². The molecule has 2 aliphatic heterocycles. The van der Waals surface area contributed by atoms with Gasteiger partial charge >= 0.3 is 0 Å². The molecule has 3 heterocycles. The van der Waals surface area contributed by atoms with E-state index in [1.165, 1.54) is 9.87 Å². The van der Waals surface area contributed by atoms with Crippen LogP contribution in [-0.4, -0.2) is 69.6 Å². The zero-order valence-electron chi connectivity index (χ0n) is 20.3. The minimum atomic E-state index is -3.56. The van der Waals surface area contributed by atoms with Crippen LogP contribution < -0.4 is 10.2 Å². The lowest BCUT2D eigenvalue weighted by molar-refractivity contribution is -0.125. The molecule has 8 nitrogen and oxygen atoms in total. The minimum Gasteiger partial charge on any atom is -0.379 e. The quantitative estimate of drug-likeness (QED) is 0.528. The molecule has 1 N–H and O–H groups in total. The lowest BCUT2D eigenvalue weighted by Gasteiger charge is -2.33. The topological polar surface area (TPSA) is 91.8 Å². The first-order valence-corrected chi connectivity index (χ1v) is 14.0. The van der Waals surface area contributed by atoms with Gasteiger partial charge in [-0.2, -0.15) is 4.31 Å². The molecule has 5 rings (SSSR count). The van der Waals surface area contributed by atoms with Gasteiger partial charge in [0.2, 0.25) is 15.9 Å². The number of carbonyl (C=O) groups is 1. The molecule has 0 bridgehead atoms. The monoisotopic (exact) mass is 508 g/mol. The number of nitrogens with one attached hydrogen (secondary N) is 1. The molecule has 0 unspecified atom stereocenters. The Morgan fingerprint density at radius 3 is 2.64 bits per heavy atom.